The van der Waals surface area contributed by atoms with E-state index in [2.05, 4.69) is 10.4 Å². The third-order valence-corrected chi connectivity index (χ3v) is 3.17. The van der Waals surface area contributed by atoms with Crippen molar-refractivity contribution in [1.82, 2.24) is 15.1 Å². The number of carbonyl (C=O) groups excluding carboxylic acids is 1. The van der Waals surface area contributed by atoms with Crippen LogP contribution in [0, 0.1) is 13.8 Å². The van der Waals surface area contributed by atoms with Crippen molar-refractivity contribution in [2.45, 2.75) is 20.4 Å². The number of nitrogens with zero attached hydrogens (tertiary/aromatic N) is 2. The van der Waals surface area contributed by atoms with Crippen molar-refractivity contribution < 1.29 is 9.53 Å². The van der Waals surface area contributed by atoms with Crippen molar-refractivity contribution in [2.75, 3.05) is 18.9 Å². The number of carbonyl (C=O) groups is 1. The Morgan fingerprint density at radius 2 is 2.05 bits per heavy atom. The molecule has 1 aromatic carbocycles. The van der Waals surface area contributed by atoms with E-state index in [1.807, 2.05) is 44.2 Å². The Labute approximate surface area is 123 Å². The number of anilines is 1. The van der Waals surface area contributed by atoms with Crippen molar-refractivity contribution in [2.24, 2.45) is 0 Å². The van der Waals surface area contributed by atoms with Gasteiger partial charge in [0, 0.05) is 0 Å². The van der Waals surface area contributed by atoms with Gasteiger partial charge < -0.3 is 15.8 Å². The summed E-state index contributed by atoms with van der Waals surface area (Å²) in [5.74, 6) is 0.676. The maximum absolute atomic E-state index is 11.8. The second kappa shape index (κ2) is 6.78. The summed E-state index contributed by atoms with van der Waals surface area (Å²) in [7, 11) is 0. The molecule has 6 nitrogen and oxygen atoms in total. The number of benzene rings is 1. The zero-order valence-electron chi connectivity index (χ0n) is 12.3. The molecule has 2 aromatic rings. The summed E-state index contributed by atoms with van der Waals surface area (Å²) in [6.07, 6.45) is 0. The first-order valence-corrected chi connectivity index (χ1v) is 6.82. The Morgan fingerprint density at radius 3 is 2.67 bits per heavy atom. The molecule has 0 unspecified atom stereocenters. The lowest BCUT2D eigenvalue weighted by Crippen LogP contribution is -2.31. The number of ether oxygens (including phenoxy) is 1. The Hall–Kier alpha value is -2.50. The second-order valence-corrected chi connectivity index (χ2v) is 4.75. The summed E-state index contributed by atoms with van der Waals surface area (Å²) in [4.78, 5) is 11.8. The fourth-order valence-corrected chi connectivity index (χ4v) is 1.93. The van der Waals surface area contributed by atoms with Gasteiger partial charge in [-0.25, -0.2) is 0 Å². The Balaban J connectivity index is 1.74. The van der Waals surface area contributed by atoms with Gasteiger partial charge in [-0.15, -0.1) is 0 Å². The molecule has 112 valence electrons. The molecule has 0 aliphatic heterocycles. The molecule has 6 heteroatoms. The van der Waals surface area contributed by atoms with Gasteiger partial charge in [-0.3, -0.25) is 9.48 Å². The molecule has 0 radical (unpaired) electrons. The number of para-hydroxylation sites is 1. The van der Waals surface area contributed by atoms with E-state index in [4.69, 9.17) is 10.5 Å². The minimum absolute atomic E-state index is 0.114. The van der Waals surface area contributed by atoms with E-state index < -0.39 is 0 Å². The summed E-state index contributed by atoms with van der Waals surface area (Å²) in [5.41, 5.74) is 8.02. The zero-order valence-corrected chi connectivity index (χ0v) is 12.3. The van der Waals surface area contributed by atoms with Crippen LogP contribution in [0.2, 0.25) is 0 Å². The highest BCUT2D eigenvalue weighted by Gasteiger charge is 2.10. The molecule has 1 aromatic heterocycles. The summed E-state index contributed by atoms with van der Waals surface area (Å²) in [6.45, 7) is 4.71. The standard InChI is InChI=1S/C15H20N4O2/c1-11-15(16)12(2)19(18-11)10-14(20)17-8-9-21-13-6-4-3-5-7-13/h3-7H,8-10,16H2,1-2H3,(H,17,20). The quantitative estimate of drug-likeness (QED) is 0.784. The van der Waals surface area contributed by atoms with E-state index in [0.717, 1.165) is 17.1 Å². The van der Waals surface area contributed by atoms with Crippen LogP contribution in [0.4, 0.5) is 5.69 Å². The van der Waals surface area contributed by atoms with E-state index in [9.17, 15) is 4.79 Å². The minimum Gasteiger partial charge on any atom is -0.492 e. The van der Waals surface area contributed by atoms with Gasteiger partial charge in [0.25, 0.3) is 0 Å². The van der Waals surface area contributed by atoms with Crippen molar-refractivity contribution >= 4 is 11.6 Å². The SMILES string of the molecule is Cc1nn(CC(=O)NCCOc2ccccc2)c(C)c1N. The van der Waals surface area contributed by atoms with Crippen molar-refractivity contribution in [3.63, 3.8) is 0 Å². The highest BCUT2D eigenvalue weighted by molar-refractivity contribution is 5.75. The van der Waals surface area contributed by atoms with Gasteiger partial charge in [-0.2, -0.15) is 5.10 Å². The average Bonchev–Trinajstić information content (AvgIpc) is 2.72. The van der Waals surface area contributed by atoms with Crippen LogP contribution in [0.3, 0.4) is 0 Å². The van der Waals surface area contributed by atoms with Gasteiger partial charge in [0.1, 0.15) is 18.9 Å². The molecule has 2 rings (SSSR count). The van der Waals surface area contributed by atoms with E-state index in [-0.39, 0.29) is 12.5 Å². The summed E-state index contributed by atoms with van der Waals surface area (Å²) in [6, 6.07) is 9.48. The van der Waals surface area contributed by atoms with Crippen LogP contribution < -0.4 is 15.8 Å². The van der Waals surface area contributed by atoms with Gasteiger partial charge in [0.15, 0.2) is 0 Å². The molecule has 0 saturated heterocycles. The third kappa shape index (κ3) is 3.98. The number of aromatic nitrogens is 2. The lowest BCUT2D eigenvalue weighted by atomic mass is 10.3. The first-order valence-electron chi connectivity index (χ1n) is 6.82. The number of rotatable bonds is 6. The first kappa shape index (κ1) is 14.9. The van der Waals surface area contributed by atoms with Crippen LogP contribution in [0.15, 0.2) is 30.3 Å². The van der Waals surface area contributed by atoms with E-state index in [1.54, 1.807) is 4.68 Å². The predicted molar refractivity (Wildman–Crippen MR) is 81.1 cm³/mol. The maximum atomic E-state index is 11.8. The lowest BCUT2D eigenvalue weighted by Gasteiger charge is -2.08. The number of nitrogen functional groups attached to an aromatic ring is 1. The van der Waals surface area contributed by atoms with Crippen molar-refractivity contribution in [3.05, 3.63) is 41.7 Å². The van der Waals surface area contributed by atoms with Crippen LogP contribution in [0.1, 0.15) is 11.4 Å². The third-order valence-electron chi connectivity index (χ3n) is 3.17. The normalized spacial score (nSPS) is 10.4. The Kier molecular flexibility index (Phi) is 4.81. The van der Waals surface area contributed by atoms with Gasteiger partial charge >= 0.3 is 0 Å². The van der Waals surface area contributed by atoms with Crippen LogP contribution in [0.25, 0.3) is 0 Å². The molecule has 0 atom stereocenters. The van der Waals surface area contributed by atoms with Gasteiger partial charge in [0.05, 0.1) is 23.6 Å². The smallest absolute Gasteiger partial charge is 0.241 e. The summed E-state index contributed by atoms with van der Waals surface area (Å²) >= 11 is 0. The average molecular weight is 288 g/mol. The molecule has 1 heterocycles. The molecule has 0 spiro atoms. The Morgan fingerprint density at radius 1 is 1.33 bits per heavy atom. The number of nitrogens with two attached hydrogens (primary N) is 1. The van der Waals surface area contributed by atoms with Crippen LogP contribution in [0.5, 0.6) is 5.75 Å². The maximum Gasteiger partial charge on any atom is 0.241 e. The highest BCUT2D eigenvalue weighted by Crippen LogP contribution is 2.14. The first-order chi connectivity index (χ1) is 10.1. The molecule has 0 saturated carbocycles. The molecule has 0 bridgehead atoms. The topological polar surface area (TPSA) is 82.2 Å². The molecule has 3 N–H and O–H groups in total. The largest absolute Gasteiger partial charge is 0.492 e. The number of hydrogen-bond donors (Lipinski definition) is 2. The second-order valence-electron chi connectivity index (χ2n) is 4.75. The number of nitrogens with one attached hydrogen (secondary N) is 1. The monoisotopic (exact) mass is 288 g/mol. The van der Waals surface area contributed by atoms with E-state index in [0.29, 0.717) is 18.8 Å². The molecule has 0 aliphatic rings. The molecular formula is C15H20N4O2. The highest BCUT2D eigenvalue weighted by atomic mass is 16.5. The fourth-order valence-electron chi connectivity index (χ4n) is 1.93. The van der Waals surface area contributed by atoms with Crippen LogP contribution >= 0.6 is 0 Å². The number of hydrogen-bond acceptors (Lipinski definition) is 4. The van der Waals surface area contributed by atoms with Crippen LogP contribution in [-0.2, 0) is 11.3 Å². The van der Waals surface area contributed by atoms with Crippen molar-refractivity contribution in [1.29, 1.82) is 0 Å². The zero-order chi connectivity index (χ0) is 15.2. The number of aryl methyl sites for hydroxylation is 1. The lowest BCUT2D eigenvalue weighted by molar-refractivity contribution is -0.122. The molecule has 21 heavy (non-hydrogen) atoms. The molecule has 0 aliphatic carbocycles. The van der Waals surface area contributed by atoms with Crippen LogP contribution in [-0.4, -0.2) is 28.8 Å². The minimum atomic E-state index is -0.114. The summed E-state index contributed by atoms with van der Waals surface area (Å²) in [5, 5.41) is 7.02. The summed E-state index contributed by atoms with van der Waals surface area (Å²) < 4.78 is 7.11. The van der Waals surface area contributed by atoms with Gasteiger partial charge in [-0.1, -0.05) is 18.2 Å². The molecule has 0 fully saturated rings. The van der Waals surface area contributed by atoms with Crippen molar-refractivity contribution in [3.8, 4) is 5.75 Å². The molecule has 1 amide bonds. The van der Waals surface area contributed by atoms with E-state index in [1.165, 1.54) is 0 Å². The molecular weight excluding hydrogens is 268 g/mol. The van der Waals surface area contributed by atoms with E-state index >= 15 is 0 Å². The Bertz CT molecular complexity index is 608. The van der Waals surface area contributed by atoms with Gasteiger partial charge in [-0.05, 0) is 26.0 Å². The van der Waals surface area contributed by atoms with Gasteiger partial charge in [0.2, 0.25) is 5.91 Å². The number of amides is 1. The fraction of sp³-hybridized carbons (Fsp3) is 0.333. The predicted octanol–water partition coefficient (Wildman–Crippen LogP) is 1.28.